The number of carbonyl (C=O) groups excluding carboxylic acids is 1. The Morgan fingerprint density at radius 2 is 0.688 bits per heavy atom. The van der Waals surface area contributed by atoms with E-state index in [1.165, 1.54) is 65.5 Å². The Balaban J connectivity index is 0.000000156. The highest BCUT2D eigenvalue weighted by atomic mass is 32.2. The van der Waals surface area contributed by atoms with Crippen LogP contribution in [-0.4, -0.2) is 171 Å². The lowest BCUT2D eigenvalue weighted by Crippen LogP contribution is -2.52. The summed E-state index contributed by atoms with van der Waals surface area (Å²) in [5.74, 6) is 0.183. The smallest absolute Gasteiger partial charge is 0.235 e. The van der Waals surface area contributed by atoms with E-state index in [0.29, 0.717) is 37.0 Å². The largest absolute Gasteiger partial charge is 0.508 e. The number of hydrogen-bond donors (Lipinski definition) is 6. The number of sulfonamides is 1. The summed E-state index contributed by atoms with van der Waals surface area (Å²) in [4.78, 5) is 26.7. The molecule has 0 atom stereocenters. The van der Waals surface area contributed by atoms with E-state index in [-0.39, 0.29) is 36.7 Å². The molecule has 0 aromatic heterocycles. The van der Waals surface area contributed by atoms with Crippen LogP contribution < -0.4 is 24.7 Å². The maximum absolute atomic E-state index is 12.5. The SMILES string of the molecule is CC(=O)Nc1ccc(/C(=C(\CCCO)c2ccccc2)c2ccc(N3CCN(C(C)C)CC3)cc2)cc1.CC(C)N1CCN(c2ccc(/C(=C(/CCCO)c3ccccc3)c3ccc(NS(=O)(=O)C4CC4)cc3)cc2)CC1.OCCC/C(=C(\c1ccc(O)cc1)c1ccc(N2CCN(C3CCC3)CC2)cc1)c1ccccc1. The van der Waals surface area contributed by atoms with Crippen LogP contribution in [0.5, 0.6) is 5.75 Å². The van der Waals surface area contributed by atoms with Crippen molar-refractivity contribution in [3.8, 4) is 5.75 Å². The van der Waals surface area contributed by atoms with Crippen LogP contribution in [0, 0.1) is 0 Å². The fourth-order valence-electron chi connectivity index (χ4n) is 16.0. The summed E-state index contributed by atoms with van der Waals surface area (Å²) in [5.41, 5.74) is 22.2. The first-order valence-electron chi connectivity index (χ1n) is 40.8. The lowest BCUT2D eigenvalue weighted by Gasteiger charge is -2.43. The van der Waals surface area contributed by atoms with Crippen LogP contribution in [0.25, 0.3) is 33.4 Å². The molecule has 14 rings (SSSR count). The van der Waals surface area contributed by atoms with Gasteiger partial charge in [-0.25, -0.2) is 8.42 Å². The van der Waals surface area contributed by atoms with Gasteiger partial charge in [-0.05, 0) is 248 Å². The van der Waals surface area contributed by atoms with Gasteiger partial charge in [-0.1, -0.05) is 170 Å². The number of rotatable bonds is 28. The third-order valence-corrected chi connectivity index (χ3v) is 24.5. The zero-order valence-corrected chi connectivity index (χ0v) is 67.1. The normalized spacial score (nSPS) is 16.6. The van der Waals surface area contributed by atoms with Crippen LogP contribution in [0.2, 0.25) is 0 Å². The summed E-state index contributed by atoms with van der Waals surface area (Å²) in [7, 11) is -3.32. The van der Waals surface area contributed by atoms with Crippen molar-refractivity contribution in [1.82, 2.24) is 14.7 Å². The third kappa shape index (κ3) is 22.0. The van der Waals surface area contributed by atoms with Crippen molar-refractivity contribution in [2.75, 3.05) is 123 Å². The standard InChI is InChI=1S/C33H41N3O3S.C32H39N3O2.C31H36N2O2/c1-25(2)35-20-22-36(23-21-35)30-16-12-28(13-17-30)33(32(9-6-24-37)26-7-4-3-5-8-26)27-10-14-29(15-11-27)34-40(38,39)31-18-19-31;1-24(2)34-19-21-35(22-20-34)30-17-13-28(14-18-30)32(27-11-15-29(16-12-27)33-25(3)37)31(10-7-23-36)26-8-5-4-6-9-26;34-23-5-10-30(24-6-2-1-3-7-24)31(26-13-17-29(35)18-14-26)25-11-15-28(16-12-25)33-21-19-32(20-22-33)27-8-4-9-27/h3-5,7-8,10-17,25,31,34,37H,6,9,18-24H2,1-2H3;4-6,8-9,11-18,24,36H,7,10,19-23H2,1-3H3,(H,33,37);1-3,6-7,11-18,27,34-35H,4-5,8-10,19-23H2/b33-32-;32-31-;31-30+. The molecule has 0 radical (unpaired) electrons. The van der Waals surface area contributed by atoms with E-state index < -0.39 is 10.0 Å². The number of piperazine rings is 3. The third-order valence-electron chi connectivity index (χ3n) is 22.6. The average molecular weight is 1530 g/mol. The van der Waals surface area contributed by atoms with Crippen molar-refractivity contribution in [3.05, 3.63) is 287 Å². The van der Waals surface area contributed by atoms with Crippen LogP contribution in [0.15, 0.2) is 237 Å². The van der Waals surface area contributed by atoms with E-state index in [0.717, 1.165) is 184 Å². The minimum Gasteiger partial charge on any atom is -0.508 e. The van der Waals surface area contributed by atoms with Crippen molar-refractivity contribution in [1.29, 1.82) is 0 Å². The second-order valence-electron chi connectivity index (χ2n) is 30.9. The highest BCUT2D eigenvalue weighted by molar-refractivity contribution is 7.93. The number of aliphatic hydroxyl groups excluding tert-OH is 3. The van der Waals surface area contributed by atoms with Gasteiger partial charge in [0, 0.05) is 152 Å². The molecular weight excluding hydrogens is 1410 g/mol. The molecule has 2 saturated carbocycles. The maximum atomic E-state index is 12.5. The number of phenolic OH excluding ortho intramolecular Hbond substituents is 1. The second-order valence-corrected chi connectivity index (χ2v) is 32.8. The molecule has 1 amide bonds. The minimum atomic E-state index is -3.32. The van der Waals surface area contributed by atoms with Crippen LogP contribution >= 0.6 is 0 Å². The van der Waals surface area contributed by atoms with E-state index in [2.05, 4.69) is 213 Å². The topological polar surface area (TPSA) is 176 Å². The van der Waals surface area contributed by atoms with Crippen LogP contribution in [-0.2, 0) is 14.8 Å². The van der Waals surface area contributed by atoms with Gasteiger partial charge in [-0.3, -0.25) is 24.2 Å². The van der Waals surface area contributed by atoms with Crippen molar-refractivity contribution < 1.29 is 33.6 Å². The summed E-state index contributed by atoms with van der Waals surface area (Å²) >= 11 is 0. The summed E-state index contributed by atoms with van der Waals surface area (Å²) in [5, 5.41) is 41.5. The Kier molecular flexibility index (Phi) is 29.4. The Labute approximate surface area is 666 Å². The van der Waals surface area contributed by atoms with Gasteiger partial charge >= 0.3 is 0 Å². The number of hydrogen-bond acceptors (Lipinski definition) is 13. The molecule has 2 aliphatic carbocycles. The average Bonchev–Trinajstić information content (AvgIpc) is 1.06. The first kappa shape index (κ1) is 81.9. The molecule has 588 valence electrons. The van der Waals surface area contributed by atoms with E-state index in [1.54, 1.807) is 12.1 Å². The van der Waals surface area contributed by atoms with Gasteiger partial charge in [0.05, 0.1) is 5.25 Å². The Morgan fingerprint density at radius 3 is 0.973 bits per heavy atom. The maximum Gasteiger partial charge on any atom is 0.235 e. The van der Waals surface area contributed by atoms with E-state index in [9.17, 15) is 33.6 Å². The summed E-state index contributed by atoms with van der Waals surface area (Å²) in [6.07, 6.45) is 9.93. The van der Waals surface area contributed by atoms with Gasteiger partial charge < -0.3 is 40.4 Å². The highest BCUT2D eigenvalue weighted by Gasteiger charge is 2.36. The van der Waals surface area contributed by atoms with Crippen molar-refractivity contribution in [3.63, 3.8) is 0 Å². The van der Waals surface area contributed by atoms with E-state index in [1.807, 2.05) is 78.9 Å². The molecule has 9 aromatic rings. The zero-order valence-electron chi connectivity index (χ0n) is 66.3. The molecule has 112 heavy (non-hydrogen) atoms. The zero-order chi connectivity index (χ0) is 78.4. The van der Waals surface area contributed by atoms with Crippen molar-refractivity contribution in [2.24, 2.45) is 0 Å². The van der Waals surface area contributed by atoms with Crippen LogP contribution in [0.1, 0.15) is 155 Å². The van der Waals surface area contributed by atoms with E-state index in [4.69, 9.17) is 0 Å². The molecule has 3 saturated heterocycles. The molecule has 16 heteroatoms. The number of aliphatic hydroxyl groups is 3. The molecule has 0 bridgehead atoms. The van der Waals surface area contributed by atoms with Gasteiger partial charge in [-0.2, -0.15) is 0 Å². The van der Waals surface area contributed by atoms with Gasteiger partial charge in [0.25, 0.3) is 0 Å². The fourth-order valence-corrected chi connectivity index (χ4v) is 17.3. The molecule has 6 N–H and O–H groups in total. The number of allylic oxidation sites excluding steroid dienone is 3. The van der Waals surface area contributed by atoms with E-state index >= 15 is 0 Å². The predicted molar refractivity (Wildman–Crippen MR) is 465 cm³/mol. The van der Waals surface area contributed by atoms with Gasteiger partial charge in [0.2, 0.25) is 15.9 Å². The fraction of sp³-hybridized carbons (Fsp3) is 0.365. The number of aromatic hydroxyl groups is 1. The molecule has 5 fully saturated rings. The Bertz CT molecular complexity index is 4620. The monoisotopic (exact) mass is 1520 g/mol. The van der Waals surface area contributed by atoms with Gasteiger partial charge in [-0.15, -0.1) is 0 Å². The van der Waals surface area contributed by atoms with Crippen LogP contribution in [0.3, 0.4) is 0 Å². The molecule has 0 spiro atoms. The highest BCUT2D eigenvalue weighted by Crippen LogP contribution is 2.41. The van der Waals surface area contributed by atoms with Crippen molar-refractivity contribution in [2.45, 2.75) is 129 Å². The molecule has 15 nitrogen and oxygen atoms in total. The quantitative estimate of drug-likeness (QED) is 0.0256. The van der Waals surface area contributed by atoms with Gasteiger partial charge in [0.15, 0.2) is 0 Å². The number of phenols is 1. The number of nitrogens with one attached hydrogen (secondary N) is 2. The lowest BCUT2D eigenvalue weighted by molar-refractivity contribution is -0.114. The number of benzene rings is 9. The predicted octanol–water partition coefficient (Wildman–Crippen LogP) is 17.6. The molecule has 3 aliphatic heterocycles. The molecular formula is C96H116N8O7S. The Morgan fingerprint density at radius 1 is 0.384 bits per heavy atom. The number of carbonyl (C=O) groups is 1. The van der Waals surface area contributed by atoms with Gasteiger partial charge in [0.1, 0.15) is 5.75 Å². The molecule has 0 unspecified atom stereocenters. The first-order chi connectivity index (χ1) is 54.5. The van der Waals surface area contributed by atoms with Crippen LogP contribution in [0.4, 0.5) is 28.4 Å². The minimum absolute atomic E-state index is 0.0822. The van der Waals surface area contributed by atoms with Crippen molar-refractivity contribution >= 4 is 77.8 Å². The number of nitrogens with zero attached hydrogens (tertiary/aromatic N) is 6. The second kappa shape index (κ2) is 40.2. The summed E-state index contributed by atoms with van der Waals surface area (Å²) < 4.78 is 27.7. The Hall–Kier alpha value is -9.62. The number of amides is 1. The molecule has 5 aliphatic rings. The first-order valence-corrected chi connectivity index (χ1v) is 42.3. The molecule has 9 aromatic carbocycles. The summed E-state index contributed by atoms with van der Waals surface area (Å²) in [6, 6.07) is 83.2. The summed E-state index contributed by atoms with van der Waals surface area (Å²) in [6.45, 7) is 23.9. The molecule has 3 heterocycles. The lowest BCUT2D eigenvalue weighted by atomic mass is 9.87. The number of anilines is 5.